The van der Waals surface area contributed by atoms with Gasteiger partial charge < -0.3 is 15.0 Å². The van der Waals surface area contributed by atoms with Gasteiger partial charge in [-0.2, -0.15) is 5.10 Å². The zero-order valence-electron chi connectivity index (χ0n) is 13.6. The van der Waals surface area contributed by atoms with Gasteiger partial charge >= 0.3 is 6.03 Å². The highest BCUT2D eigenvalue weighted by atomic mass is 32.1. The number of benzene rings is 1. The van der Waals surface area contributed by atoms with Gasteiger partial charge in [0.05, 0.1) is 41.8 Å². The Bertz CT molecular complexity index is 796. The van der Waals surface area contributed by atoms with Crippen LogP contribution >= 0.6 is 11.3 Å². The molecule has 0 aliphatic heterocycles. The normalized spacial score (nSPS) is 10.9. The van der Waals surface area contributed by atoms with E-state index in [1.165, 1.54) is 0 Å². The fourth-order valence-corrected chi connectivity index (χ4v) is 3.24. The topological polar surface area (TPSA) is 72.3 Å². The number of para-hydroxylation sites is 1. The van der Waals surface area contributed by atoms with Gasteiger partial charge in [-0.1, -0.05) is 12.1 Å². The predicted octanol–water partition coefficient (Wildman–Crippen LogP) is 2.80. The number of amides is 2. The maximum Gasteiger partial charge on any atom is 0.322 e. The summed E-state index contributed by atoms with van der Waals surface area (Å²) in [5.74, 6) is 0. The van der Waals surface area contributed by atoms with Crippen molar-refractivity contribution in [3.63, 3.8) is 0 Å². The fourth-order valence-electron chi connectivity index (χ4n) is 2.22. The Labute approximate surface area is 143 Å². The van der Waals surface area contributed by atoms with Crippen LogP contribution in [0.4, 0.5) is 10.5 Å². The number of hydrogen-bond donors (Lipinski definition) is 1. The third-order valence-corrected chi connectivity index (χ3v) is 4.49. The first-order valence-corrected chi connectivity index (χ1v) is 8.35. The largest absolute Gasteiger partial charge is 0.383 e. The van der Waals surface area contributed by atoms with E-state index in [0.717, 1.165) is 15.2 Å². The molecular weight excluding hydrogens is 326 g/mol. The average molecular weight is 345 g/mol. The Morgan fingerprint density at radius 1 is 1.42 bits per heavy atom. The van der Waals surface area contributed by atoms with Crippen molar-refractivity contribution in [2.45, 2.75) is 13.1 Å². The van der Waals surface area contributed by atoms with Crippen molar-refractivity contribution in [3.05, 3.63) is 41.7 Å². The maximum atomic E-state index is 12.3. The summed E-state index contributed by atoms with van der Waals surface area (Å²) in [6.07, 6.45) is 3.40. The van der Waals surface area contributed by atoms with Gasteiger partial charge in [0, 0.05) is 20.4 Å². The van der Waals surface area contributed by atoms with E-state index in [-0.39, 0.29) is 6.03 Å². The Kier molecular flexibility index (Phi) is 5.07. The monoisotopic (exact) mass is 345 g/mol. The molecule has 2 aromatic heterocycles. The minimum atomic E-state index is -0.194. The number of fused-ring (bicyclic) bond motifs is 1. The molecule has 8 heteroatoms. The fraction of sp³-hybridized carbons (Fsp3) is 0.312. The van der Waals surface area contributed by atoms with E-state index >= 15 is 0 Å². The molecule has 0 aliphatic rings. The summed E-state index contributed by atoms with van der Waals surface area (Å²) in [6.45, 7) is 1.68. The molecule has 0 unspecified atom stereocenters. The molecule has 0 spiro atoms. The quantitative estimate of drug-likeness (QED) is 0.746. The number of hydrogen-bond acceptors (Lipinski definition) is 5. The van der Waals surface area contributed by atoms with Crippen LogP contribution in [0, 0.1) is 0 Å². The Morgan fingerprint density at radius 3 is 3.04 bits per heavy atom. The lowest BCUT2D eigenvalue weighted by Crippen LogP contribution is -2.30. The van der Waals surface area contributed by atoms with Crippen LogP contribution in [0.1, 0.15) is 5.01 Å². The molecule has 3 aromatic rings. The number of nitrogens with one attached hydrogen (secondary N) is 1. The van der Waals surface area contributed by atoms with Crippen LogP contribution in [0.2, 0.25) is 0 Å². The maximum absolute atomic E-state index is 12.3. The van der Waals surface area contributed by atoms with E-state index in [2.05, 4.69) is 15.4 Å². The summed E-state index contributed by atoms with van der Waals surface area (Å²) < 4.78 is 7.86. The molecule has 1 N–H and O–H groups in total. The second-order valence-electron chi connectivity index (χ2n) is 5.35. The van der Waals surface area contributed by atoms with E-state index in [1.54, 1.807) is 47.5 Å². The van der Waals surface area contributed by atoms with Crippen molar-refractivity contribution in [2.75, 3.05) is 26.1 Å². The molecule has 0 bridgehead atoms. The lowest BCUT2D eigenvalue weighted by molar-refractivity contribution is 0.183. The molecule has 0 atom stereocenters. The number of ether oxygens (including phenoxy) is 1. The summed E-state index contributed by atoms with van der Waals surface area (Å²) in [5.41, 5.74) is 1.62. The second-order valence-corrected chi connectivity index (χ2v) is 6.46. The first kappa shape index (κ1) is 16.4. The van der Waals surface area contributed by atoms with Crippen LogP contribution in [0.25, 0.3) is 10.2 Å². The van der Waals surface area contributed by atoms with E-state index in [0.29, 0.717) is 25.4 Å². The van der Waals surface area contributed by atoms with Gasteiger partial charge in [-0.15, -0.1) is 11.3 Å². The van der Waals surface area contributed by atoms with Gasteiger partial charge in [0.25, 0.3) is 0 Å². The van der Waals surface area contributed by atoms with Crippen LogP contribution in [0.5, 0.6) is 0 Å². The number of carbonyl (C=O) groups is 1. The molecule has 2 heterocycles. The van der Waals surface area contributed by atoms with E-state index in [1.807, 2.05) is 24.3 Å². The molecular formula is C16H19N5O2S. The first-order valence-electron chi connectivity index (χ1n) is 7.53. The first-order chi connectivity index (χ1) is 11.7. The molecule has 0 aliphatic carbocycles. The van der Waals surface area contributed by atoms with Gasteiger partial charge in [-0.05, 0) is 12.1 Å². The molecule has 0 saturated heterocycles. The standard InChI is InChI=1S/C16H19N5O2S/c1-20(11-15-19-13-5-3-4-6-14(13)24-15)16(22)18-12-9-17-21(10-12)7-8-23-2/h3-6,9-10H,7-8,11H2,1-2H3,(H,18,22). The van der Waals surface area contributed by atoms with Crippen LogP contribution in [0.3, 0.4) is 0 Å². The van der Waals surface area contributed by atoms with Crippen LogP contribution in [-0.2, 0) is 17.8 Å². The summed E-state index contributed by atoms with van der Waals surface area (Å²) in [6, 6.07) is 7.76. The van der Waals surface area contributed by atoms with Gasteiger partial charge in [-0.3, -0.25) is 4.68 Å². The summed E-state index contributed by atoms with van der Waals surface area (Å²) in [5, 5.41) is 7.91. The van der Waals surface area contributed by atoms with Crippen LogP contribution in [-0.4, -0.2) is 46.5 Å². The second kappa shape index (κ2) is 7.41. The van der Waals surface area contributed by atoms with Crippen LogP contribution < -0.4 is 5.32 Å². The van der Waals surface area contributed by atoms with Gasteiger partial charge in [0.15, 0.2) is 0 Å². The third kappa shape index (κ3) is 3.90. The lowest BCUT2D eigenvalue weighted by atomic mass is 10.3. The zero-order chi connectivity index (χ0) is 16.9. The number of urea groups is 1. The smallest absolute Gasteiger partial charge is 0.322 e. The molecule has 3 rings (SSSR count). The van der Waals surface area contributed by atoms with Gasteiger partial charge in [0.2, 0.25) is 0 Å². The van der Waals surface area contributed by atoms with Gasteiger partial charge in [0.1, 0.15) is 5.01 Å². The Morgan fingerprint density at radius 2 is 2.25 bits per heavy atom. The van der Waals surface area contributed by atoms with Gasteiger partial charge in [-0.25, -0.2) is 9.78 Å². The zero-order valence-corrected chi connectivity index (χ0v) is 14.4. The Balaban J connectivity index is 1.59. The molecule has 0 radical (unpaired) electrons. The predicted molar refractivity (Wildman–Crippen MR) is 94.2 cm³/mol. The molecule has 126 valence electrons. The van der Waals surface area contributed by atoms with E-state index < -0.39 is 0 Å². The summed E-state index contributed by atoms with van der Waals surface area (Å²) in [4.78, 5) is 18.4. The number of nitrogens with zero attached hydrogens (tertiary/aromatic N) is 4. The van der Waals surface area contributed by atoms with E-state index in [4.69, 9.17) is 4.74 Å². The number of rotatable bonds is 6. The number of carbonyl (C=O) groups excluding carboxylic acids is 1. The van der Waals surface area contributed by atoms with Crippen LogP contribution in [0.15, 0.2) is 36.7 Å². The number of methoxy groups -OCH3 is 1. The van der Waals surface area contributed by atoms with Crippen molar-refractivity contribution in [1.82, 2.24) is 19.7 Å². The van der Waals surface area contributed by atoms with Crippen molar-refractivity contribution in [1.29, 1.82) is 0 Å². The van der Waals surface area contributed by atoms with Crippen molar-refractivity contribution < 1.29 is 9.53 Å². The van der Waals surface area contributed by atoms with Crippen molar-refractivity contribution >= 4 is 33.3 Å². The number of anilines is 1. The van der Waals surface area contributed by atoms with E-state index in [9.17, 15) is 4.79 Å². The SMILES string of the molecule is COCCn1cc(NC(=O)N(C)Cc2nc3ccccc3s2)cn1. The molecule has 24 heavy (non-hydrogen) atoms. The Hall–Kier alpha value is -2.45. The molecule has 0 saturated carbocycles. The highest BCUT2D eigenvalue weighted by Gasteiger charge is 2.13. The van der Waals surface area contributed by atoms with Crippen molar-refractivity contribution in [3.8, 4) is 0 Å². The third-order valence-electron chi connectivity index (χ3n) is 3.47. The average Bonchev–Trinajstić information content (AvgIpc) is 3.18. The number of thiazole rings is 1. The molecule has 0 fully saturated rings. The van der Waals surface area contributed by atoms with Crippen molar-refractivity contribution in [2.24, 2.45) is 0 Å². The lowest BCUT2D eigenvalue weighted by Gasteiger charge is -2.15. The minimum absolute atomic E-state index is 0.194. The summed E-state index contributed by atoms with van der Waals surface area (Å²) >= 11 is 1.60. The molecule has 7 nitrogen and oxygen atoms in total. The number of aromatic nitrogens is 3. The molecule has 1 aromatic carbocycles. The highest BCUT2D eigenvalue weighted by Crippen LogP contribution is 2.22. The highest BCUT2D eigenvalue weighted by molar-refractivity contribution is 7.18. The summed E-state index contributed by atoms with van der Waals surface area (Å²) in [7, 11) is 3.39. The minimum Gasteiger partial charge on any atom is -0.383 e. The molecule has 2 amide bonds.